The minimum atomic E-state index is -0.574. The summed E-state index contributed by atoms with van der Waals surface area (Å²) >= 11 is 6.01. The monoisotopic (exact) mass is 386 g/mol. The molecule has 27 heavy (non-hydrogen) atoms. The SMILES string of the molecule is COc1ccc([C@H](NC(=O)Cn2c(=O)oc3ccc(Cl)cc32)C2CC2)cc1. The molecule has 1 N–H and O–H groups in total. The number of carbonyl (C=O) groups excluding carboxylic acids is 1. The Morgan fingerprint density at radius 1 is 1.30 bits per heavy atom. The van der Waals surface area contributed by atoms with E-state index >= 15 is 0 Å². The van der Waals surface area contributed by atoms with E-state index in [0.717, 1.165) is 24.2 Å². The number of methoxy groups -OCH3 is 1. The molecule has 1 amide bonds. The largest absolute Gasteiger partial charge is 0.497 e. The number of nitrogens with zero attached hydrogens (tertiary/aromatic N) is 1. The van der Waals surface area contributed by atoms with Gasteiger partial charge in [-0.3, -0.25) is 9.36 Å². The number of carbonyl (C=O) groups is 1. The summed E-state index contributed by atoms with van der Waals surface area (Å²) in [6.07, 6.45) is 2.14. The van der Waals surface area contributed by atoms with E-state index in [-0.39, 0.29) is 18.5 Å². The lowest BCUT2D eigenvalue weighted by Crippen LogP contribution is -2.34. The van der Waals surface area contributed by atoms with Crippen LogP contribution in [0.25, 0.3) is 11.1 Å². The highest BCUT2D eigenvalue weighted by Gasteiger charge is 2.33. The van der Waals surface area contributed by atoms with Crippen molar-refractivity contribution >= 4 is 28.6 Å². The van der Waals surface area contributed by atoms with E-state index < -0.39 is 5.76 Å². The van der Waals surface area contributed by atoms with Crippen molar-refractivity contribution in [3.63, 3.8) is 0 Å². The van der Waals surface area contributed by atoms with Crippen molar-refractivity contribution in [2.24, 2.45) is 5.92 Å². The average Bonchev–Trinajstić information content (AvgIpc) is 3.46. The van der Waals surface area contributed by atoms with Gasteiger partial charge in [-0.25, -0.2) is 4.79 Å². The summed E-state index contributed by atoms with van der Waals surface area (Å²) in [4.78, 5) is 24.8. The summed E-state index contributed by atoms with van der Waals surface area (Å²) in [7, 11) is 1.62. The molecule has 1 saturated carbocycles. The lowest BCUT2D eigenvalue weighted by molar-refractivity contribution is -0.122. The molecule has 2 aromatic carbocycles. The molecule has 3 aromatic rings. The van der Waals surface area contributed by atoms with Crippen LogP contribution >= 0.6 is 11.6 Å². The first kappa shape index (κ1) is 17.7. The fourth-order valence-electron chi connectivity index (χ4n) is 3.26. The van der Waals surface area contributed by atoms with Gasteiger partial charge < -0.3 is 14.5 Å². The van der Waals surface area contributed by atoms with Crippen molar-refractivity contribution in [3.8, 4) is 5.75 Å². The number of amides is 1. The number of hydrogen-bond acceptors (Lipinski definition) is 4. The molecule has 140 valence electrons. The highest BCUT2D eigenvalue weighted by molar-refractivity contribution is 6.31. The summed E-state index contributed by atoms with van der Waals surface area (Å²) in [6.45, 7) is -0.119. The number of ether oxygens (including phenoxy) is 1. The minimum Gasteiger partial charge on any atom is -0.497 e. The predicted molar refractivity (Wildman–Crippen MR) is 102 cm³/mol. The second kappa shape index (κ2) is 7.12. The van der Waals surface area contributed by atoms with Crippen LogP contribution in [0.15, 0.2) is 51.7 Å². The van der Waals surface area contributed by atoms with Gasteiger partial charge in [-0.2, -0.15) is 0 Å². The second-order valence-corrected chi connectivity index (χ2v) is 7.16. The van der Waals surface area contributed by atoms with Crippen LogP contribution in [0.1, 0.15) is 24.4 Å². The highest BCUT2D eigenvalue weighted by atomic mass is 35.5. The molecular weight excluding hydrogens is 368 g/mol. The fourth-order valence-corrected chi connectivity index (χ4v) is 3.43. The number of nitrogens with one attached hydrogen (secondary N) is 1. The summed E-state index contributed by atoms with van der Waals surface area (Å²) in [5.74, 6) is 0.366. The Bertz CT molecular complexity index is 1030. The number of fused-ring (bicyclic) bond motifs is 1. The van der Waals surface area contributed by atoms with Crippen LogP contribution in [0.4, 0.5) is 0 Å². The highest BCUT2D eigenvalue weighted by Crippen LogP contribution is 2.41. The summed E-state index contributed by atoms with van der Waals surface area (Å²) in [6, 6.07) is 12.5. The van der Waals surface area contributed by atoms with Crippen LogP contribution in [0, 0.1) is 5.92 Å². The van der Waals surface area contributed by atoms with E-state index in [1.165, 1.54) is 4.57 Å². The molecule has 0 aliphatic heterocycles. The lowest BCUT2D eigenvalue weighted by atomic mass is 10.0. The van der Waals surface area contributed by atoms with Crippen molar-refractivity contribution in [1.29, 1.82) is 0 Å². The minimum absolute atomic E-state index is 0.0825. The van der Waals surface area contributed by atoms with Gasteiger partial charge in [0.2, 0.25) is 5.91 Å². The number of hydrogen-bond donors (Lipinski definition) is 1. The maximum atomic E-state index is 12.7. The third-order valence-corrected chi connectivity index (χ3v) is 5.05. The Morgan fingerprint density at radius 2 is 2.04 bits per heavy atom. The molecule has 0 saturated heterocycles. The van der Waals surface area contributed by atoms with Gasteiger partial charge in [0.15, 0.2) is 5.58 Å². The molecule has 0 radical (unpaired) electrons. The zero-order valence-corrected chi connectivity index (χ0v) is 15.5. The van der Waals surface area contributed by atoms with Crippen molar-refractivity contribution in [2.75, 3.05) is 7.11 Å². The number of benzene rings is 2. The lowest BCUT2D eigenvalue weighted by Gasteiger charge is -2.19. The van der Waals surface area contributed by atoms with Crippen LogP contribution in [-0.4, -0.2) is 17.6 Å². The van der Waals surface area contributed by atoms with Crippen LogP contribution < -0.4 is 15.8 Å². The number of oxazole rings is 1. The zero-order chi connectivity index (χ0) is 19.0. The Hall–Kier alpha value is -2.73. The molecule has 1 atom stereocenters. The molecule has 4 rings (SSSR count). The van der Waals surface area contributed by atoms with Crippen molar-refractivity contribution in [1.82, 2.24) is 9.88 Å². The van der Waals surface area contributed by atoms with Gasteiger partial charge in [0.1, 0.15) is 12.3 Å². The molecule has 7 heteroatoms. The van der Waals surface area contributed by atoms with Crippen LogP contribution in [0.3, 0.4) is 0 Å². The van der Waals surface area contributed by atoms with E-state index in [2.05, 4.69) is 5.32 Å². The normalized spacial score (nSPS) is 14.9. The first-order chi connectivity index (χ1) is 13.0. The Morgan fingerprint density at radius 3 is 2.70 bits per heavy atom. The molecule has 1 heterocycles. The van der Waals surface area contributed by atoms with Crippen LogP contribution in [-0.2, 0) is 11.3 Å². The van der Waals surface area contributed by atoms with E-state index in [9.17, 15) is 9.59 Å². The summed E-state index contributed by atoms with van der Waals surface area (Å²) in [5.41, 5.74) is 1.94. The van der Waals surface area contributed by atoms with Gasteiger partial charge >= 0.3 is 5.76 Å². The van der Waals surface area contributed by atoms with Crippen molar-refractivity contribution < 1.29 is 13.9 Å². The maximum absolute atomic E-state index is 12.7. The molecule has 6 nitrogen and oxygen atoms in total. The molecule has 0 bridgehead atoms. The van der Waals surface area contributed by atoms with Gasteiger partial charge in [-0.05, 0) is 54.7 Å². The van der Waals surface area contributed by atoms with Crippen LogP contribution in [0.2, 0.25) is 5.02 Å². The van der Waals surface area contributed by atoms with Crippen molar-refractivity contribution in [2.45, 2.75) is 25.4 Å². The topological polar surface area (TPSA) is 73.5 Å². The van der Waals surface area contributed by atoms with Gasteiger partial charge in [-0.1, -0.05) is 23.7 Å². The molecule has 1 aliphatic rings. The first-order valence-electron chi connectivity index (χ1n) is 8.77. The Balaban J connectivity index is 1.55. The molecule has 1 aliphatic carbocycles. The van der Waals surface area contributed by atoms with Gasteiger partial charge in [0.05, 0.1) is 18.7 Å². The number of aromatic nitrogens is 1. The predicted octanol–water partition coefficient (Wildman–Crippen LogP) is 3.52. The number of halogens is 1. The molecule has 1 fully saturated rings. The molecule has 0 spiro atoms. The third-order valence-electron chi connectivity index (χ3n) is 4.82. The average molecular weight is 387 g/mol. The molecule has 0 unspecified atom stereocenters. The Labute approximate surface area is 160 Å². The van der Waals surface area contributed by atoms with Gasteiger partial charge in [0, 0.05) is 5.02 Å². The maximum Gasteiger partial charge on any atom is 0.420 e. The van der Waals surface area contributed by atoms with Gasteiger partial charge in [-0.15, -0.1) is 0 Å². The third kappa shape index (κ3) is 3.71. The number of rotatable bonds is 6. The van der Waals surface area contributed by atoms with E-state index in [1.807, 2.05) is 24.3 Å². The summed E-state index contributed by atoms with van der Waals surface area (Å²) < 4.78 is 11.7. The smallest absolute Gasteiger partial charge is 0.420 e. The standard InChI is InChI=1S/C20H19ClN2O4/c1-26-15-7-4-13(5-8-15)19(12-2-3-12)22-18(24)11-23-16-10-14(21)6-9-17(16)27-20(23)25/h4-10,12,19H,2-3,11H2,1H3,(H,22,24)/t19-/m1/s1. The fraction of sp³-hybridized carbons (Fsp3) is 0.300. The first-order valence-corrected chi connectivity index (χ1v) is 9.15. The van der Waals surface area contributed by atoms with Gasteiger partial charge in [0.25, 0.3) is 0 Å². The molecular formula is C20H19ClN2O4. The quantitative estimate of drug-likeness (QED) is 0.703. The zero-order valence-electron chi connectivity index (χ0n) is 14.8. The molecule has 1 aromatic heterocycles. The van der Waals surface area contributed by atoms with Crippen molar-refractivity contribution in [3.05, 3.63) is 63.6 Å². The second-order valence-electron chi connectivity index (χ2n) is 6.72. The Kier molecular flexibility index (Phi) is 4.66. The van der Waals surface area contributed by atoms with E-state index in [1.54, 1.807) is 25.3 Å². The summed E-state index contributed by atoms with van der Waals surface area (Å²) in [5, 5.41) is 3.54. The van der Waals surface area contributed by atoms with E-state index in [4.69, 9.17) is 20.8 Å². The van der Waals surface area contributed by atoms with E-state index in [0.29, 0.717) is 22.0 Å². The van der Waals surface area contributed by atoms with Crippen LogP contribution in [0.5, 0.6) is 5.75 Å².